The Kier molecular flexibility index (Phi) is 2.56. The first-order chi connectivity index (χ1) is 7.77. The van der Waals surface area contributed by atoms with Crippen molar-refractivity contribution in [3.05, 3.63) is 28.3 Å². The first-order valence-corrected chi connectivity index (χ1v) is 6.42. The van der Waals surface area contributed by atoms with E-state index in [0.29, 0.717) is 6.04 Å². The molecule has 2 nitrogen and oxygen atoms in total. The number of nitrogens with one attached hydrogen (secondary N) is 1. The van der Waals surface area contributed by atoms with Crippen molar-refractivity contribution in [3.8, 4) is 0 Å². The number of rotatable bonds is 2. The van der Waals surface area contributed by atoms with Crippen LogP contribution < -0.4 is 10.2 Å². The van der Waals surface area contributed by atoms with Crippen LogP contribution in [0.4, 0.5) is 5.69 Å². The molecule has 1 aromatic carbocycles. The van der Waals surface area contributed by atoms with Gasteiger partial charge in [-0.2, -0.15) is 0 Å². The molecule has 0 spiro atoms. The summed E-state index contributed by atoms with van der Waals surface area (Å²) in [6.07, 6.45) is 2.62. The molecule has 2 heterocycles. The lowest BCUT2D eigenvalue weighted by atomic mass is 10.1. The Bertz CT molecular complexity index is 407. The van der Waals surface area contributed by atoms with E-state index in [1.165, 1.54) is 42.7 Å². The summed E-state index contributed by atoms with van der Waals surface area (Å²) in [5.41, 5.74) is 3.84. The molecular formula is C13H17ClN2. The summed E-state index contributed by atoms with van der Waals surface area (Å²) in [5.74, 6) is 0. The molecule has 0 radical (unpaired) electrons. The Morgan fingerprint density at radius 2 is 2.00 bits per heavy atom. The minimum Gasteiger partial charge on any atom is -0.371 e. The van der Waals surface area contributed by atoms with Crippen LogP contribution in [0.3, 0.4) is 0 Å². The molecule has 0 amide bonds. The Morgan fingerprint density at radius 3 is 2.62 bits per heavy atom. The molecule has 2 saturated heterocycles. The van der Waals surface area contributed by atoms with Gasteiger partial charge < -0.3 is 10.2 Å². The summed E-state index contributed by atoms with van der Waals surface area (Å²) >= 11 is 6.45. The van der Waals surface area contributed by atoms with Gasteiger partial charge in [0.25, 0.3) is 0 Å². The highest BCUT2D eigenvalue weighted by atomic mass is 35.5. The van der Waals surface area contributed by atoms with E-state index in [1.54, 1.807) is 0 Å². The van der Waals surface area contributed by atoms with Crippen molar-refractivity contribution in [1.29, 1.82) is 0 Å². The highest BCUT2D eigenvalue weighted by molar-refractivity contribution is 6.32. The molecule has 3 heteroatoms. The van der Waals surface area contributed by atoms with Gasteiger partial charge in [-0.1, -0.05) is 17.7 Å². The SMILES string of the molecule is Cc1c(N2CCCC2)ccc([C@@H]2CN2)c1Cl. The van der Waals surface area contributed by atoms with E-state index in [-0.39, 0.29) is 0 Å². The van der Waals surface area contributed by atoms with Crippen LogP contribution in [0.15, 0.2) is 12.1 Å². The van der Waals surface area contributed by atoms with Crippen LogP contribution in [-0.4, -0.2) is 19.6 Å². The monoisotopic (exact) mass is 236 g/mol. The largest absolute Gasteiger partial charge is 0.371 e. The lowest BCUT2D eigenvalue weighted by Gasteiger charge is -2.21. The number of anilines is 1. The molecule has 3 rings (SSSR count). The highest BCUT2D eigenvalue weighted by Crippen LogP contribution is 2.36. The number of nitrogens with zero attached hydrogens (tertiary/aromatic N) is 1. The summed E-state index contributed by atoms with van der Waals surface area (Å²) < 4.78 is 0. The third kappa shape index (κ3) is 1.70. The third-order valence-corrected chi connectivity index (χ3v) is 4.12. The predicted molar refractivity (Wildman–Crippen MR) is 68.4 cm³/mol. The molecule has 1 aromatic rings. The van der Waals surface area contributed by atoms with Crippen molar-refractivity contribution in [1.82, 2.24) is 5.32 Å². The van der Waals surface area contributed by atoms with Crippen molar-refractivity contribution in [2.45, 2.75) is 25.8 Å². The molecule has 2 fully saturated rings. The minimum absolute atomic E-state index is 0.499. The molecule has 2 aliphatic heterocycles. The van der Waals surface area contributed by atoms with Crippen molar-refractivity contribution >= 4 is 17.3 Å². The fourth-order valence-corrected chi connectivity index (χ4v) is 2.84. The van der Waals surface area contributed by atoms with Crippen LogP contribution >= 0.6 is 11.6 Å². The Morgan fingerprint density at radius 1 is 1.31 bits per heavy atom. The van der Waals surface area contributed by atoms with E-state index in [9.17, 15) is 0 Å². The smallest absolute Gasteiger partial charge is 0.0504 e. The molecule has 2 aliphatic rings. The summed E-state index contributed by atoms with van der Waals surface area (Å²) in [7, 11) is 0. The van der Waals surface area contributed by atoms with Crippen molar-refractivity contribution in [2.24, 2.45) is 0 Å². The summed E-state index contributed by atoms with van der Waals surface area (Å²) in [6.45, 7) is 5.57. The standard InChI is InChI=1S/C13H17ClN2/c1-9-12(16-6-2-3-7-16)5-4-10(13(9)14)11-8-15-11/h4-5,11,15H,2-3,6-8H2,1H3/t11-/m0/s1. The number of halogens is 1. The van der Waals surface area contributed by atoms with Gasteiger partial charge in [0, 0.05) is 31.4 Å². The fraction of sp³-hybridized carbons (Fsp3) is 0.538. The van der Waals surface area contributed by atoms with E-state index < -0.39 is 0 Å². The maximum absolute atomic E-state index is 6.45. The second kappa shape index (κ2) is 3.94. The van der Waals surface area contributed by atoms with Gasteiger partial charge in [0.15, 0.2) is 0 Å². The lowest BCUT2D eigenvalue weighted by Crippen LogP contribution is -2.18. The first-order valence-electron chi connectivity index (χ1n) is 6.04. The van der Waals surface area contributed by atoms with Crippen LogP contribution in [0.25, 0.3) is 0 Å². The second-order valence-electron chi connectivity index (χ2n) is 4.77. The molecular weight excluding hydrogens is 220 g/mol. The highest BCUT2D eigenvalue weighted by Gasteiger charge is 2.26. The zero-order valence-corrected chi connectivity index (χ0v) is 10.3. The predicted octanol–water partition coefficient (Wildman–Crippen LogP) is 2.89. The third-order valence-electron chi connectivity index (χ3n) is 3.62. The van der Waals surface area contributed by atoms with Crippen LogP contribution in [0, 0.1) is 6.92 Å². The zero-order chi connectivity index (χ0) is 11.1. The normalized spacial score (nSPS) is 23.9. The van der Waals surface area contributed by atoms with E-state index in [4.69, 9.17) is 11.6 Å². The van der Waals surface area contributed by atoms with Gasteiger partial charge in [-0.3, -0.25) is 0 Å². The molecule has 0 bridgehead atoms. The van der Waals surface area contributed by atoms with Crippen molar-refractivity contribution in [2.75, 3.05) is 24.5 Å². The van der Waals surface area contributed by atoms with Gasteiger partial charge in [0.1, 0.15) is 0 Å². The quantitative estimate of drug-likeness (QED) is 0.799. The topological polar surface area (TPSA) is 25.2 Å². The fourth-order valence-electron chi connectivity index (χ4n) is 2.54. The first kappa shape index (κ1) is 10.4. The summed E-state index contributed by atoms with van der Waals surface area (Å²) in [4.78, 5) is 2.45. The average Bonchev–Trinajstić information content (AvgIpc) is 2.98. The van der Waals surface area contributed by atoms with Gasteiger partial charge >= 0.3 is 0 Å². The van der Waals surface area contributed by atoms with Gasteiger partial charge in [-0.05, 0) is 37.0 Å². The van der Waals surface area contributed by atoms with Crippen molar-refractivity contribution in [3.63, 3.8) is 0 Å². The van der Waals surface area contributed by atoms with E-state index in [1.807, 2.05) is 0 Å². The summed E-state index contributed by atoms with van der Waals surface area (Å²) in [6, 6.07) is 4.93. The van der Waals surface area contributed by atoms with Gasteiger partial charge in [-0.25, -0.2) is 0 Å². The maximum Gasteiger partial charge on any atom is 0.0504 e. The molecule has 0 unspecified atom stereocenters. The van der Waals surface area contributed by atoms with E-state index in [2.05, 4.69) is 29.3 Å². The molecule has 16 heavy (non-hydrogen) atoms. The van der Waals surface area contributed by atoms with Crippen LogP contribution in [0.5, 0.6) is 0 Å². The molecule has 0 aromatic heterocycles. The number of benzene rings is 1. The average molecular weight is 237 g/mol. The Labute approximate surface area is 102 Å². The Balaban J connectivity index is 1.96. The zero-order valence-electron chi connectivity index (χ0n) is 9.59. The second-order valence-corrected chi connectivity index (χ2v) is 5.15. The summed E-state index contributed by atoms with van der Waals surface area (Å²) in [5, 5.41) is 4.27. The van der Waals surface area contributed by atoms with Gasteiger partial charge in [0.2, 0.25) is 0 Å². The Hall–Kier alpha value is -0.730. The number of hydrogen-bond donors (Lipinski definition) is 1. The van der Waals surface area contributed by atoms with Crippen LogP contribution in [0.1, 0.15) is 30.0 Å². The number of hydrogen-bond acceptors (Lipinski definition) is 2. The van der Waals surface area contributed by atoms with E-state index in [0.717, 1.165) is 11.6 Å². The minimum atomic E-state index is 0.499. The van der Waals surface area contributed by atoms with Gasteiger partial charge in [0.05, 0.1) is 5.02 Å². The molecule has 86 valence electrons. The lowest BCUT2D eigenvalue weighted by molar-refractivity contribution is 0.949. The van der Waals surface area contributed by atoms with Gasteiger partial charge in [-0.15, -0.1) is 0 Å². The van der Waals surface area contributed by atoms with E-state index >= 15 is 0 Å². The van der Waals surface area contributed by atoms with Crippen molar-refractivity contribution < 1.29 is 0 Å². The van der Waals surface area contributed by atoms with Crippen LogP contribution in [0.2, 0.25) is 5.02 Å². The maximum atomic E-state index is 6.45. The van der Waals surface area contributed by atoms with Crippen LogP contribution in [-0.2, 0) is 0 Å². The molecule has 1 atom stereocenters. The molecule has 0 saturated carbocycles. The molecule has 0 aliphatic carbocycles. The molecule has 1 N–H and O–H groups in total.